The van der Waals surface area contributed by atoms with Crippen LogP contribution in [0, 0.1) is 0 Å². The third-order valence-corrected chi connectivity index (χ3v) is 5.57. The number of hydrazone groups is 1. The molecule has 0 aliphatic carbocycles. The highest BCUT2D eigenvalue weighted by Gasteiger charge is 2.12. The minimum atomic E-state index is 0.279. The molecule has 3 aromatic rings. The van der Waals surface area contributed by atoms with Crippen molar-refractivity contribution in [3.05, 3.63) is 90.8 Å². The fraction of sp³-hybridized carbons (Fsp3) is 0.136. The minimum Gasteiger partial charge on any atom is -0.493 e. The molecular weight excluding hydrogens is 511 g/mol. The summed E-state index contributed by atoms with van der Waals surface area (Å²) in [6, 6.07) is 16.6. The van der Waals surface area contributed by atoms with E-state index in [0.29, 0.717) is 33.1 Å². The van der Waals surface area contributed by atoms with E-state index in [4.69, 9.17) is 44.3 Å². The Morgan fingerprint density at radius 3 is 2.43 bits per heavy atom. The van der Waals surface area contributed by atoms with Crippen LogP contribution in [-0.2, 0) is 13.2 Å². The molecule has 0 unspecified atom stereocenters. The lowest BCUT2D eigenvalue weighted by atomic mass is 10.2. The van der Waals surface area contributed by atoms with Gasteiger partial charge in [0, 0.05) is 20.6 Å². The van der Waals surface area contributed by atoms with Crippen LogP contribution in [0.2, 0.25) is 15.1 Å². The van der Waals surface area contributed by atoms with Crippen LogP contribution in [0.25, 0.3) is 0 Å². The monoisotopic (exact) mass is 526 g/mol. The van der Waals surface area contributed by atoms with E-state index in [1.165, 1.54) is 0 Å². The van der Waals surface area contributed by atoms with E-state index in [9.17, 15) is 0 Å². The Morgan fingerprint density at radius 1 is 1.00 bits per heavy atom. The average Bonchev–Trinajstić information content (AvgIpc) is 2.72. The molecule has 0 heterocycles. The van der Waals surface area contributed by atoms with Gasteiger partial charge in [0.25, 0.3) is 0 Å². The van der Waals surface area contributed by atoms with E-state index in [-0.39, 0.29) is 6.61 Å². The fourth-order valence-corrected chi connectivity index (χ4v) is 3.77. The maximum absolute atomic E-state index is 6.22. The first-order chi connectivity index (χ1) is 14.5. The molecule has 4 nitrogen and oxygen atoms in total. The van der Waals surface area contributed by atoms with E-state index in [1.54, 1.807) is 25.5 Å². The molecule has 30 heavy (non-hydrogen) atoms. The molecule has 0 aromatic heterocycles. The Morgan fingerprint density at radius 2 is 1.73 bits per heavy atom. The van der Waals surface area contributed by atoms with Crippen LogP contribution in [0.4, 0.5) is 0 Å². The lowest BCUT2D eigenvalue weighted by Crippen LogP contribution is -2.05. The standard InChI is InChI=1S/C22H18BrCl3N2O2/c1-29-21-9-15(12-28-27-11-14-2-5-17(24)6-3-14)8-19(23)22(21)30-13-16-4-7-18(25)10-20(16)26/h2-10,12,27H,11,13H2,1H3/b28-12-. The molecule has 0 radical (unpaired) electrons. The lowest BCUT2D eigenvalue weighted by molar-refractivity contribution is 0.282. The maximum Gasteiger partial charge on any atom is 0.175 e. The zero-order valence-electron chi connectivity index (χ0n) is 16.0. The van der Waals surface area contributed by atoms with E-state index in [2.05, 4.69) is 26.5 Å². The summed E-state index contributed by atoms with van der Waals surface area (Å²) in [5.74, 6) is 1.16. The predicted octanol–water partition coefficient (Wildman–Crippen LogP) is 7.12. The highest BCUT2D eigenvalue weighted by molar-refractivity contribution is 9.10. The number of benzene rings is 3. The second-order valence-corrected chi connectivity index (χ2v) is 8.41. The van der Waals surface area contributed by atoms with Gasteiger partial charge in [-0.2, -0.15) is 5.10 Å². The smallest absolute Gasteiger partial charge is 0.175 e. The number of ether oxygens (including phenoxy) is 2. The van der Waals surface area contributed by atoms with Gasteiger partial charge in [0.05, 0.1) is 24.3 Å². The van der Waals surface area contributed by atoms with Gasteiger partial charge < -0.3 is 14.9 Å². The first-order valence-corrected chi connectivity index (χ1v) is 10.8. The molecule has 0 fully saturated rings. The van der Waals surface area contributed by atoms with Gasteiger partial charge in [-0.05, 0) is 63.5 Å². The zero-order chi connectivity index (χ0) is 21.5. The van der Waals surface area contributed by atoms with Gasteiger partial charge >= 0.3 is 0 Å². The minimum absolute atomic E-state index is 0.279. The Hall–Kier alpha value is -1.92. The Balaban J connectivity index is 1.66. The van der Waals surface area contributed by atoms with Crippen molar-refractivity contribution in [3.63, 3.8) is 0 Å². The van der Waals surface area contributed by atoms with Crippen LogP contribution in [0.15, 0.2) is 64.2 Å². The van der Waals surface area contributed by atoms with Crippen LogP contribution >= 0.6 is 50.7 Å². The highest BCUT2D eigenvalue weighted by Crippen LogP contribution is 2.37. The van der Waals surface area contributed by atoms with Crippen molar-refractivity contribution < 1.29 is 9.47 Å². The number of hydrogen-bond acceptors (Lipinski definition) is 4. The van der Waals surface area contributed by atoms with Crippen molar-refractivity contribution in [1.29, 1.82) is 0 Å². The molecule has 0 saturated heterocycles. The van der Waals surface area contributed by atoms with Crippen LogP contribution < -0.4 is 14.9 Å². The summed E-state index contributed by atoms with van der Waals surface area (Å²) >= 11 is 21.6. The van der Waals surface area contributed by atoms with Crippen molar-refractivity contribution in [2.75, 3.05) is 7.11 Å². The van der Waals surface area contributed by atoms with Crippen molar-refractivity contribution in [3.8, 4) is 11.5 Å². The van der Waals surface area contributed by atoms with Gasteiger partial charge in [-0.3, -0.25) is 0 Å². The molecule has 0 atom stereocenters. The molecule has 3 aromatic carbocycles. The summed E-state index contributed by atoms with van der Waals surface area (Å²) in [6.07, 6.45) is 1.71. The maximum atomic E-state index is 6.22. The molecule has 3 rings (SSSR count). The lowest BCUT2D eigenvalue weighted by Gasteiger charge is -2.14. The highest BCUT2D eigenvalue weighted by atomic mass is 79.9. The molecule has 156 valence electrons. The summed E-state index contributed by atoms with van der Waals surface area (Å²) in [5, 5.41) is 6.10. The Kier molecular flexibility index (Phi) is 8.28. The fourth-order valence-electron chi connectivity index (χ4n) is 2.60. The van der Waals surface area contributed by atoms with Crippen LogP contribution in [0.5, 0.6) is 11.5 Å². The Bertz CT molecular complexity index is 1040. The second kappa shape index (κ2) is 10.9. The average molecular weight is 529 g/mol. The van der Waals surface area contributed by atoms with Gasteiger partial charge in [-0.1, -0.05) is 53.0 Å². The first-order valence-electron chi connectivity index (χ1n) is 8.91. The summed E-state index contributed by atoms with van der Waals surface area (Å²) in [7, 11) is 1.59. The summed E-state index contributed by atoms with van der Waals surface area (Å²) in [4.78, 5) is 0. The zero-order valence-corrected chi connectivity index (χ0v) is 19.8. The number of halogens is 4. The molecule has 0 bridgehead atoms. The number of hydrogen-bond donors (Lipinski definition) is 1. The van der Waals surface area contributed by atoms with Gasteiger partial charge in [0.1, 0.15) is 6.61 Å². The van der Waals surface area contributed by atoms with E-state index in [0.717, 1.165) is 21.2 Å². The largest absolute Gasteiger partial charge is 0.493 e. The van der Waals surface area contributed by atoms with Gasteiger partial charge in [-0.25, -0.2) is 0 Å². The third kappa shape index (κ3) is 6.29. The summed E-state index contributed by atoms with van der Waals surface area (Å²) < 4.78 is 12.2. The first kappa shape index (κ1) is 22.8. The quantitative estimate of drug-likeness (QED) is 0.250. The van der Waals surface area contributed by atoms with E-state index < -0.39 is 0 Å². The van der Waals surface area contributed by atoms with Crippen molar-refractivity contribution in [2.45, 2.75) is 13.2 Å². The Labute approximate surface area is 198 Å². The second-order valence-electron chi connectivity index (χ2n) is 6.28. The van der Waals surface area contributed by atoms with E-state index in [1.807, 2.05) is 42.5 Å². The third-order valence-electron chi connectivity index (χ3n) is 4.14. The topological polar surface area (TPSA) is 42.8 Å². The van der Waals surface area contributed by atoms with E-state index >= 15 is 0 Å². The van der Waals surface area contributed by atoms with Gasteiger partial charge in [0.15, 0.2) is 11.5 Å². The van der Waals surface area contributed by atoms with Gasteiger partial charge in [-0.15, -0.1) is 0 Å². The number of nitrogens with one attached hydrogen (secondary N) is 1. The summed E-state index contributed by atoms with van der Waals surface area (Å²) in [6.45, 7) is 0.871. The molecule has 0 saturated carbocycles. The molecular formula is C22H18BrCl3N2O2. The van der Waals surface area contributed by atoms with Gasteiger partial charge in [0.2, 0.25) is 0 Å². The molecule has 0 spiro atoms. The number of rotatable bonds is 8. The van der Waals surface area contributed by atoms with Crippen LogP contribution in [0.3, 0.4) is 0 Å². The van der Waals surface area contributed by atoms with Crippen LogP contribution in [-0.4, -0.2) is 13.3 Å². The van der Waals surface area contributed by atoms with Crippen LogP contribution in [0.1, 0.15) is 16.7 Å². The molecule has 0 aliphatic rings. The SMILES string of the molecule is COc1cc(/C=N\NCc2ccc(Cl)cc2)cc(Br)c1OCc1ccc(Cl)cc1Cl. The van der Waals surface area contributed by atoms with Crippen molar-refractivity contribution in [1.82, 2.24) is 5.43 Å². The predicted molar refractivity (Wildman–Crippen MR) is 127 cm³/mol. The summed E-state index contributed by atoms with van der Waals surface area (Å²) in [5.41, 5.74) is 5.77. The number of methoxy groups -OCH3 is 1. The molecule has 1 N–H and O–H groups in total. The molecule has 8 heteroatoms. The molecule has 0 aliphatic heterocycles. The van der Waals surface area contributed by atoms with Crippen molar-refractivity contribution >= 4 is 56.9 Å². The number of nitrogens with zero attached hydrogens (tertiary/aromatic N) is 1. The molecule has 0 amide bonds. The normalized spacial score (nSPS) is 11.0. The van der Waals surface area contributed by atoms with Crippen molar-refractivity contribution in [2.24, 2.45) is 5.10 Å².